The van der Waals surface area contributed by atoms with E-state index >= 15 is 0 Å². The molecular formula is C10H8O6S2. The normalized spacial score (nSPS) is 12.7. The highest BCUT2D eigenvalue weighted by atomic mass is 33.2. The quantitative estimate of drug-likeness (QED) is 0.633. The molecule has 0 fully saturated rings. The summed E-state index contributed by atoms with van der Waals surface area (Å²) in [6, 6.07) is 8.06. The second-order valence-electron chi connectivity index (χ2n) is 3.51. The zero-order chi connectivity index (χ0) is 13.6. The minimum absolute atomic E-state index is 0.141. The molecule has 0 atom stereocenters. The zero-order valence-electron chi connectivity index (χ0n) is 8.81. The van der Waals surface area contributed by atoms with Gasteiger partial charge in [-0.1, -0.05) is 24.3 Å². The van der Waals surface area contributed by atoms with E-state index in [2.05, 4.69) is 0 Å². The molecule has 0 unspecified atom stereocenters. The van der Waals surface area contributed by atoms with Crippen LogP contribution in [0.3, 0.4) is 0 Å². The second-order valence-corrected chi connectivity index (χ2v) is 8.30. The summed E-state index contributed by atoms with van der Waals surface area (Å²) in [7, 11) is -10.3. The minimum atomic E-state index is -5.30. The summed E-state index contributed by atoms with van der Waals surface area (Å²) >= 11 is 0. The van der Waals surface area contributed by atoms with Gasteiger partial charge in [-0.05, 0) is 17.5 Å². The second kappa shape index (κ2) is 3.94. The third-order valence-corrected chi connectivity index (χ3v) is 6.03. The molecule has 0 aliphatic rings. The number of phenols is 1. The van der Waals surface area contributed by atoms with Crippen molar-refractivity contribution in [3.05, 3.63) is 36.4 Å². The van der Waals surface area contributed by atoms with Crippen LogP contribution in [-0.2, 0) is 18.0 Å². The van der Waals surface area contributed by atoms with Gasteiger partial charge in [0.25, 0.3) is 0 Å². The van der Waals surface area contributed by atoms with Crippen molar-refractivity contribution in [3.63, 3.8) is 0 Å². The van der Waals surface area contributed by atoms with Gasteiger partial charge >= 0.3 is 18.0 Å². The van der Waals surface area contributed by atoms with Crippen molar-refractivity contribution in [3.8, 4) is 5.75 Å². The highest BCUT2D eigenvalue weighted by Gasteiger charge is 2.31. The Morgan fingerprint density at radius 1 is 0.889 bits per heavy atom. The summed E-state index contributed by atoms with van der Waals surface area (Å²) in [5.74, 6) is -0.379. The average molecular weight is 288 g/mol. The van der Waals surface area contributed by atoms with E-state index in [1.54, 1.807) is 0 Å². The summed E-state index contributed by atoms with van der Waals surface area (Å²) in [6.07, 6.45) is 0. The number of rotatable bonds is 2. The lowest BCUT2D eigenvalue weighted by Crippen LogP contribution is -2.14. The number of fused-ring (bicyclic) bond motifs is 1. The van der Waals surface area contributed by atoms with E-state index in [1.807, 2.05) is 0 Å². The van der Waals surface area contributed by atoms with Crippen LogP contribution < -0.4 is 0 Å². The lowest BCUT2D eigenvalue weighted by Gasteiger charge is -2.07. The monoisotopic (exact) mass is 288 g/mol. The van der Waals surface area contributed by atoms with Crippen LogP contribution in [0.5, 0.6) is 5.75 Å². The van der Waals surface area contributed by atoms with E-state index in [0.29, 0.717) is 5.39 Å². The number of phenolic OH excluding ortho intramolecular Hbond substituents is 1. The van der Waals surface area contributed by atoms with Gasteiger partial charge in [-0.3, -0.25) is 4.55 Å². The Morgan fingerprint density at radius 3 is 2.00 bits per heavy atom. The first kappa shape index (κ1) is 12.8. The van der Waals surface area contributed by atoms with Crippen molar-refractivity contribution in [1.82, 2.24) is 0 Å². The summed E-state index contributed by atoms with van der Waals surface area (Å²) in [5.41, 5.74) is 0. The fourth-order valence-electron chi connectivity index (χ4n) is 1.61. The first-order valence-corrected chi connectivity index (χ1v) is 8.12. The molecule has 0 bridgehead atoms. The first-order valence-electron chi connectivity index (χ1n) is 4.68. The van der Waals surface area contributed by atoms with Crippen molar-refractivity contribution in [1.29, 1.82) is 0 Å². The maximum absolute atomic E-state index is 11.7. The first-order chi connectivity index (χ1) is 8.25. The van der Waals surface area contributed by atoms with Gasteiger partial charge < -0.3 is 5.11 Å². The van der Waals surface area contributed by atoms with E-state index in [4.69, 9.17) is 4.55 Å². The molecule has 2 aromatic rings. The molecule has 0 amide bonds. The van der Waals surface area contributed by atoms with E-state index < -0.39 is 22.9 Å². The van der Waals surface area contributed by atoms with Gasteiger partial charge in [0.05, 0.1) is 4.90 Å². The number of aromatic hydroxyl groups is 1. The standard InChI is InChI=1S/C10H8O6S2/c11-8-5-1-3-7-4-2-6-9(10(7)8)17(12,13)18(14,15)16/h1-6,11H,(H,14,15,16). The minimum Gasteiger partial charge on any atom is -0.507 e. The topological polar surface area (TPSA) is 109 Å². The Labute approximate surface area is 103 Å². The van der Waals surface area contributed by atoms with Crippen molar-refractivity contribution in [2.75, 3.05) is 0 Å². The summed E-state index contributed by atoms with van der Waals surface area (Å²) in [6.45, 7) is 0. The van der Waals surface area contributed by atoms with Gasteiger partial charge in [0, 0.05) is 5.39 Å². The van der Waals surface area contributed by atoms with E-state index in [0.717, 1.165) is 6.07 Å². The van der Waals surface area contributed by atoms with Gasteiger partial charge in [0.15, 0.2) is 0 Å². The molecule has 96 valence electrons. The van der Waals surface area contributed by atoms with Gasteiger partial charge in [0.1, 0.15) is 5.75 Å². The Hall–Kier alpha value is -1.64. The molecule has 0 aliphatic heterocycles. The SMILES string of the molecule is O=S(=O)(O)S(=O)(=O)c1cccc2cccc(O)c12. The maximum atomic E-state index is 11.7. The number of hydrogen-bond donors (Lipinski definition) is 2. The van der Waals surface area contributed by atoms with Crippen molar-refractivity contribution in [2.24, 2.45) is 0 Å². The van der Waals surface area contributed by atoms with Crippen LogP contribution >= 0.6 is 0 Å². The molecule has 6 nitrogen and oxygen atoms in total. The molecule has 0 saturated carbocycles. The number of hydrogen-bond acceptors (Lipinski definition) is 5. The predicted molar refractivity (Wildman–Crippen MR) is 64.3 cm³/mol. The van der Waals surface area contributed by atoms with Gasteiger partial charge in [-0.25, -0.2) is 8.42 Å². The third kappa shape index (κ3) is 1.84. The Morgan fingerprint density at radius 2 is 1.44 bits per heavy atom. The van der Waals surface area contributed by atoms with Crippen molar-refractivity contribution >= 4 is 28.8 Å². The van der Waals surface area contributed by atoms with Crippen LogP contribution in [0.2, 0.25) is 0 Å². The smallest absolute Gasteiger partial charge is 0.377 e. The number of benzene rings is 2. The van der Waals surface area contributed by atoms with Crippen LogP contribution in [0.4, 0.5) is 0 Å². The van der Waals surface area contributed by atoms with Gasteiger partial charge in [-0.15, -0.1) is 0 Å². The molecule has 0 saturated heterocycles. The largest absolute Gasteiger partial charge is 0.507 e. The molecule has 2 N–H and O–H groups in total. The van der Waals surface area contributed by atoms with Crippen LogP contribution in [0.25, 0.3) is 10.8 Å². The van der Waals surface area contributed by atoms with Crippen LogP contribution in [-0.4, -0.2) is 26.5 Å². The third-order valence-electron chi connectivity index (χ3n) is 2.39. The molecular weight excluding hydrogens is 280 g/mol. The molecule has 18 heavy (non-hydrogen) atoms. The molecule has 0 aromatic heterocycles. The average Bonchev–Trinajstić information content (AvgIpc) is 2.27. The van der Waals surface area contributed by atoms with E-state index in [9.17, 15) is 21.9 Å². The molecule has 2 rings (SSSR count). The fourth-order valence-corrected chi connectivity index (χ4v) is 3.65. The Kier molecular flexibility index (Phi) is 2.80. The van der Waals surface area contributed by atoms with Crippen molar-refractivity contribution in [2.45, 2.75) is 4.90 Å². The van der Waals surface area contributed by atoms with E-state index in [1.165, 1.54) is 30.3 Å². The fraction of sp³-hybridized carbons (Fsp3) is 0. The predicted octanol–water partition coefficient (Wildman–Crippen LogP) is 1.12. The molecule has 0 heterocycles. The van der Waals surface area contributed by atoms with Gasteiger partial charge in [0.2, 0.25) is 0 Å². The van der Waals surface area contributed by atoms with Crippen LogP contribution in [0.15, 0.2) is 41.3 Å². The molecule has 2 aromatic carbocycles. The van der Waals surface area contributed by atoms with Crippen LogP contribution in [0, 0.1) is 0 Å². The van der Waals surface area contributed by atoms with Crippen LogP contribution in [0.1, 0.15) is 0 Å². The van der Waals surface area contributed by atoms with Crippen molar-refractivity contribution < 1.29 is 26.5 Å². The van der Waals surface area contributed by atoms with Gasteiger partial charge in [-0.2, -0.15) is 8.42 Å². The Balaban J connectivity index is 2.99. The van der Waals surface area contributed by atoms with E-state index in [-0.39, 0.29) is 11.1 Å². The summed E-state index contributed by atoms with van der Waals surface area (Å²) < 4.78 is 53.9. The lowest BCUT2D eigenvalue weighted by molar-refractivity contribution is 0.480. The lowest BCUT2D eigenvalue weighted by atomic mass is 10.1. The molecule has 0 aliphatic carbocycles. The maximum Gasteiger partial charge on any atom is 0.377 e. The zero-order valence-corrected chi connectivity index (χ0v) is 10.4. The summed E-state index contributed by atoms with van der Waals surface area (Å²) in [5, 5.41) is 9.85. The molecule has 0 radical (unpaired) electrons. The molecule has 8 heteroatoms. The highest BCUT2D eigenvalue weighted by Crippen LogP contribution is 2.32. The highest BCUT2D eigenvalue weighted by molar-refractivity contribution is 8.65. The summed E-state index contributed by atoms with van der Waals surface area (Å²) in [4.78, 5) is -0.652. The molecule has 0 spiro atoms. The Bertz CT molecular complexity index is 815.